The molecule has 0 spiro atoms. The highest BCUT2D eigenvalue weighted by Gasteiger charge is 2.09. The van der Waals surface area contributed by atoms with Crippen molar-refractivity contribution >= 4 is 37.4 Å². The fourth-order valence-electron chi connectivity index (χ4n) is 1.33. The molecule has 0 fully saturated rings. The summed E-state index contributed by atoms with van der Waals surface area (Å²) in [6, 6.07) is 5.96. The number of hydrogen-bond donors (Lipinski definition) is 0. The Morgan fingerprint density at radius 2 is 2.23 bits per heavy atom. The smallest absolute Gasteiger partial charge is 0.124 e. The molecule has 0 saturated heterocycles. The highest BCUT2D eigenvalue weighted by molar-refractivity contribution is 9.10. The topological polar surface area (TPSA) is 0 Å². The van der Waals surface area contributed by atoms with Crippen LogP contribution in [0.25, 0.3) is 10.1 Å². The molecule has 68 valence electrons. The van der Waals surface area contributed by atoms with E-state index in [1.54, 1.807) is 18.3 Å². The molecule has 0 nitrogen and oxygen atoms in total. The molecule has 0 radical (unpaired) electrons. The third kappa shape index (κ3) is 1.63. The number of hydrogen-bond acceptors (Lipinski definition) is 1. The summed E-state index contributed by atoms with van der Waals surface area (Å²) in [5, 5.41) is 2.91. The lowest BCUT2D eigenvalue weighted by Crippen LogP contribution is -1.81. The SMILES string of the molecule is CC(F)c1csc2ccc(Br)cc12. The fourth-order valence-corrected chi connectivity index (χ4v) is 2.71. The molecular weight excluding hydrogens is 251 g/mol. The van der Waals surface area contributed by atoms with E-state index in [0.717, 1.165) is 20.1 Å². The minimum Gasteiger partial charge on any atom is -0.243 e. The van der Waals surface area contributed by atoms with Gasteiger partial charge in [0.15, 0.2) is 0 Å². The van der Waals surface area contributed by atoms with E-state index in [1.165, 1.54) is 0 Å². The largest absolute Gasteiger partial charge is 0.243 e. The van der Waals surface area contributed by atoms with Crippen LogP contribution in [0.2, 0.25) is 0 Å². The summed E-state index contributed by atoms with van der Waals surface area (Å²) in [6.07, 6.45) is -0.886. The number of fused-ring (bicyclic) bond motifs is 1. The Labute approximate surface area is 88.5 Å². The Balaban J connectivity index is 2.71. The van der Waals surface area contributed by atoms with Crippen molar-refractivity contribution in [3.63, 3.8) is 0 Å². The number of halogens is 2. The second-order valence-electron chi connectivity index (χ2n) is 2.95. The fraction of sp³-hybridized carbons (Fsp3) is 0.200. The molecule has 2 aromatic rings. The molecule has 13 heavy (non-hydrogen) atoms. The molecule has 1 aromatic heterocycles. The maximum atomic E-state index is 13.1. The minimum atomic E-state index is -0.886. The Morgan fingerprint density at radius 3 is 2.92 bits per heavy atom. The zero-order valence-electron chi connectivity index (χ0n) is 7.05. The lowest BCUT2D eigenvalue weighted by atomic mass is 10.1. The van der Waals surface area contributed by atoms with E-state index in [0.29, 0.717) is 0 Å². The van der Waals surface area contributed by atoms with E-state index in [-0.39, 0.29) is 0 Å². The zero-order chi connectivity index (χ0) is 9.42. The highest BCUT2D eigenvalue weighted by Crippen LogP contribution is 2.33. The van der Waals surface area contributed by atoms with E-state index < -0.39 is 6.17 Å². The molecule has 0 aliphatic heterocycles. The predicted octanol–water partition coefficient (Wildman–Crippen LogP) is 4.69. The summed E-state index contributed by atoms with van der Waals surface area (Å²) < 4.78 is 15.3. The summed E-state index contributed by atoms with van der Waals surface area (Å²) in [6.45, 7) is 1.57. The van der Waals surface area contributed by atoms with Crippen molar-refractivity contribution in [3.8, 4) is 0 Å². The summed E-state index contributed by atoms with van der Waals surface area (Å²) in [5.74, 6) is 0. The van der Waals surface area contributed by atoms with Gasteiger partial charge in [-0.3, -0.25) is 0 Å². The Bertz CT molecular complexity index is 433. The van der Waals surface area contributed by atoms with Crippen molar-refractivity contribution in [1.82, 2.24) is 0 Å². The normalized spacial score (nSPS) is 13.5. The molecule has 1 heterocycles. The van der Waals surface area contributed by atoms with Crippen LogP contribution in [-0.2, 0) is 0 Å². The number of rotatable bonds is 1. The van der Waals surface area contributed by atoms with Crippen LogP contribution in [-0.4, -0.2) is 0 Å². The summed E-state index contributed by atoms with van der Waals surface area (Å²) in [7, 11) is 0. The lowest BCUT2D eigenvalue weighted by Gasteiger charge is -1.99. The molecule has 0 N–H and O–H groups in total. The first kappa shape index (κ1) is 9.16. The van der Waals surface area contributed by atoms with Gasteiger partial charge in [0.1, 0.15) is 6.17 Å². The van der Waals surface area contributed by atoms with Gasteiger partial charge in [-0.1, -0.05) is 15.9 Å². The van der Waals surface area contributed by atoms with Crippen molar-refractivity contribution in [2.45, 2.75) is 13.1 Å². The van der Waals surface area contributed by atoms with Crippen molar-refractivity contribution in [2.24, 2.45) is 0 Å². The van der Waals surface area contributed by atoms with Crippen LogP contribution in [0.1, 0.15) is 18.7 Å². The zero-order valence-corrected chi connectivity index (χ0v) is 9.45. The second kappa shape index (κ2) is 3.39. The van der Waals surface area contributed by atoms with Gasteiger partial charge in [-0.15, -0.1) is 11.3 Å². The van der Waals surface area contributed by atoms with Gasteiger partial charge in [-0.2, -0.15) is 0 Å². The Hall–Kier alpha value is -0.410. The molecule has 0 aliphatic rings. The van der Waals surface area contributed by atoms with Crippen LogP contribution in [0.4, 0.5) is 4.39 Å². The minimum absolute atomic E-state index is 0.793. The second-order valence-corrected chi connectivity index (χ2v) is 4.77. The number of benzene rings is 1. The molecule has 1 aromatic carbocycles. The first-order chi connectivity index (χ1) is 6.18. The van der Waals surface area contributed by atoms with Crippen molar-refractivity contribution < 1.29 is 4.39 Å². The monoisotopic (exact) mass is 258 g/mol. The van der Waals surface area contributed by atoms with Crippen LogP contribution in [0, 0.1) is 0 Å². The van der Waals surface area contributed by atoms with Gasteiger partial charge in [0, 0.05) is 14.7 Å². The van der Waals surface area contributed by atoms with Gasteiger partial charge in [0.05, 0.1) is 0 Å². The predicted molar refractivity (Wildman–Crippen MR) is 59.0 cm³/mol. The maximum Gasteiger partial charge on any atom is 0.124 e. The van der Waals surface area contributed by atoms with E-state index in [2.05, 4.69) is 15.9 Å². The standard InChI is InChI=1S/C10H8BrFS/c1-6(12)9-5-13-10-3-2-7(11)4-8(9)10/h2-6H,1H3. The van der Waals surface area contributed by atoms with E-state index in [1.807, 2.05) is 23.6 Å². The van der Waals surface area contributed by atoms with Crippen LogP contribution < -0.4 is 0 Å². The molecule has 2 rings (SSSR count). The van der Waals surface area contributed by atoms with Crippen LogP contribution in [0.15, 0.2) is 28.1 Å². The molecule has 0 bridgehead atoms. The van der Waals surface area contributed by atoms with Gasteiger partial charge in [0.25, 0.3) is 0 Å². The summed E-state index contributed by atoms with van der Waals surface area (Å²) in [4.78, 5) is 0. The van der Waals surface area contributed by atoms with Crippen LogP contribution in [0.3, 0.4) is 0 Å². The maximum absolute atomic E-state index is 13.1. The molecule has 3 heteroatoms. The highest BCUT2D eigenvalue weighted by atomic mass is 79.9. The number of alkyl halides is 1. The van der Waals surface area contributed by atoms with Gasteiger partial charge >= 0.3 is 0 Å². The molecule has 0 saturated carbocycles. The quantitative estimate of drug-likeness (QED) is 0.696. The molecule has 1 atom stereocenters. The van der Waals surface area contributed by atoms with E-state index in [9.17, 15) is 4.39 Å². The first-order valence-corrected chi connectivity index (χ1v) is 5.66. The summed E-state index contributed by atoms with van der Waals surface area (Å²) in [5.41, 5.74) is 0.793. The molecule has 0 amide bonds. The Morgan fingerprint density at radius 1 is 1.46 bits per heavy atom. The van der Waals surface area contributed by atoms with Gasteiger partial charge in [0.2, 0.25) is 0 Å². The van der Waals surface area contributed by atoms with Crippen molar-refractivity contribution in [2.75, 3.05) is 0 Å². The average molecular weight is 259 g/mol. The van der Waals surface area contributed by atoms with Crippen LogP contribution >= 0.6 is 27.3 Å². The average Bonchev–Trinajstić information content (AvgIpc) is 2.46. The lowest BCUT2D eigenvalue weighted by molar-refractivity contribution is 0.377. The van der Waals surface area contributed by atoms with Gasteiger partial charge in [-0.25, -0.2) is 4.39 Å². The van der Waals surface area contributed by atoms with E-state index in [4.69, 9.17) is 0 Å². The van der Waals surface area contributed by atoms with E-state index >= 15 is 0 Å². The molecule has 0 aliphatic carbocycles. The van der Waals surface area contributed by atoms with Crippen molar-refractivity contribution in [1.29, 1.82) is 0 Å². The third-order valence-electron chi connectivity index (χ3n) is 1.99. The Kier molecular flexibility index (Phi) is 2.39. The third-order valence-corrected chi connectivity index (χ3v) is 3.47. The molecule has 1 unspecified atom stereocenters. The van der Waals surface area contributed by atoms with Gasteiger partial charge < -0.3 is 0 Å². The van der Waals surface area contributed by atoms with Crippen molar-refractivity contribution in [3.05, 3.63) is 33.6 Å². The first-order valence-electron chi connectivity index (χ1n) is 3.99. The number of thiophene rings is 1. The van der Waals surface area contributed by atoms with Crippen LogP contribution in [0.5, 0.6) is 0 Å². The molecular formula is C10H8BrFS. The summed E-state index contributed by atoms with van der Waals surface area (Å²) >= 11 is 4.97. The van der Waals surface area contributed by atoms with Gasteiger partial charge in [-0.05, 0) is 35.9 Å².